The third-order valence-corrected chi connectivity index (χ3v) is 4.90. The number of anilines is 1. The molecule has 0 saturated heterocycles. The molecule has 7 heteroatoms. The molecule has 1 N–H and O–H groups in total. The standard InChI is InChI=1S/C21H16N4O2S/c1-14(26)23-18-7-3-2-6-17(18)19-13-28-21-24-16(11-20(27)25(19)21)9-8-15-5-4-10-22-12-15/h2-13H,1H3,(H,23,26)/b9-8+. The first-order valence-electron chi connectivity index (χ1n) is 8.58. The molecule has 0 aliphatic rings. The number of thiazole rings is 1. The van der Waals surface area contributed by atoms with E-state index in [0.717, 1.165) is 11.1 Å². The van der Waals surface area contributed by atoms with Crippen molar-refractivity contribution >= 4 is 40.0 Å². The van der Waals surface area contributed by atoms with Crippen molar-refractivity contribution < 1.29 is 4.79 Å². The molecule has 28 heavy (non-hydrogen) atoms. The fourth-order valence-corrected chi connectivity index (χ4v) is 3.77. The number of carbonyl (C=O) groups is 1. The molecule has 4 aromatic rings. The Morgan fingerprint density at radius 1 is 1.18 bits per heavy atom. The van der Waals surface area contributed by atoms with Crippen molar-refractivity contribution in [3.8, 4) is 11.3 Å². The van der Waals surface area contributed by atoms with E-state index in [-0.39, 0.29) is 11.5 Å². The highest BCUT2D eigenvalue weighted by molar-refractivity contribution is 7.15. The lowest BCUT2D eigenvalue weighted by molar-refractivity contribution is -0.114. The first-order chi connectivity index (χ1) is 13.6. The second kappa shape index (κ2) is 7.58. The van der Waals surface area contributed by atoms with E-state index in [9.17, 15) is 9.59 Å². The highest BCUT2D eigenvalue weighted by atomic mass is 32.1. The van der Waals surface area contributed by atoms with E-state index in [1.165, 1.54) is 24.3 Å². The van der Waals surface area contributed by atoms with E-state index < -0.39 is 0 Å². The van der Waals surface area contributed by atoms with Gasteiger partial charge >= 0.3 is 0 Å². The molecule has 3 aromatic heterocycles. The number of hydrogen-bond acceptors (Lipinski definition) is 5. The van der Waals surface area contributed by atoms with Gasteiger partial charge in [0.2, 0.25) is 5.91 Å². The van der Waals surface area contributed by atoms with Crippen molar-refractivity contribution in [2.45, 2.75) is 6.92 Å². The molecule has 0 atom stereocenters. The lowest BCUT2D eigenvalue weighted by atomic mass is 10.1. The number of benzene rings is 1. The maximum Gasteiger partial charge on any atom is 0.259 e. The summed E-state index contributed by atoms with van der Waals surface area (Å²) in [5.41, 5.74) is 3.46. The third-order valence-electron chi connectivity index (χ3n) is 4.07. The van der Waals surface area contributed by atoms with Crippen molar-refractivity contribution in [2.75, 3.05) is 5.32 Å². The van der Waals surface area contributed by atoms with E-state index in [1.807, 2.05) is 47.9 Å². The zero-order valence-electron chi connectivity index (χ0n) is 15.0. The van der Waals surface area contributed by atoms with Gasteiger partial charge in [-0.15, -0.1) is 11.3 Å². The number of rotatable bonds is 4. The Labute approximate surface area is 164 Å². The molecule has 0 spiro atoms. The minimum absolute atomic E-state index is 0.166. The predicted molar refractivity (Wildman–Crippen MR) is 112 cm³/mol. The SMILES string of the molecule is CC(=O)Nc1ccccc1-c1csc2nc(/C=C/c3cccnc3)cc(=O)n12. The average Bonchev–Trinajstić information content (AvgIpc) is 3.12. The number of amides is 1. The highest BCUT2D eigenvalue weighted by Crippen LogP contribution is 2.30. The normalized spacial score (nSPS) is 11.2. The monoisotopic (exact) mass is 388 g/mol. The largest absolute Gasteiger partial charge is 0.326 e. The minimum Gasteiger partial charge on any atom is -0.326 e. The lowest BCUT2D eigenvalue weighted by Crippen LogP contribution is -2.14. The number of aromatic nitrogens is 3. The summed E-state index contributed by atoms with van der Waals surface area (Å²) in [6.07, 6.45) is 7.11. The van der Waals surface area contributed by atoms with E-state index in [2.05, 4.69) is 15.3 Å². The van der Waals surface area contributed by atoms with E-state index in [1.54, 1.807) is 22.9 Å². The minimum atomic E-state index is -0.176. The molecule has 138 valence electrons. The molecule has 0 radical (unpaired) electrons. The highest BCUT2D eigenvalue weighted by Gasteiger charge is 2.13. The fraction of sp³-hybridized carbons (Fsp3) is 0.0476. The average molecular weight is 388 g/mol. The summed E-state index contributed by atoms with van der Waals surface area (Å²) in [5, 5.41) is 4.68. The van der Waals surface area contributed by atoms with Crippen molar-refractivity contribution in [1.82, 2.24) is 14.4 Å². The van der Waals surface area contributed by atoms with Crippen LogP contribution in [0.4, 0.5) is 5.69 Å². The molecule has 0 aliphatic heterocycles. The summed E-state index contributed by atoms with van der Waals surface area (Å²) >= 11 is 1.38. The van der Waals surface area contributed by atoms with Crippen molar-refractivity contribution in [2.24, 2.45) is 0 Å². The Kier molecular flexibility index (Phi) is 4.82. The number of nitrogens with one attached hydrogen (secondary N) is 1. The van der Waals surface area contributed by atoms with E-state index in [0.29, 0.717) is 22.0 Å². The number of para-hydroxylation sites is 1. The number of hydrogen-bond donors (Lipinski definition) is 1. The summed E-state index contributed by atoms with van der Waals surface area (Å²) in [6.45, 7) is 1.46. The van der Waals surface area contributed by atoms with E-state index in [4.69, 9.17) is 0 Å². The fourth-order valence-electron chi connectivity index (χ4n) is 2.87. The van der Waals surface area contributed by atoms with Crippen LogP contribution in [0.1, 0.15) is 18.2 Å². The molecule has 3 heterocycles. The van der Waals surface area contributed by atoms with Crippen LogP contribution in [0.3, 0.4) is 0 Å². The summed E-state index contributed by atoms with van der Waals surface area (Å²) in [5.74, 6) is -0.166. The van der Waals surface area contributed by atoms with Crippen molar-refractivity contribution in [3.63, 3.8) is 0 Å². The van der Waals surface area contributed by atoms with Crippen LogP contribution in [0, 0.1) is 0 Å². The predicted octanol–water partition coefficient (Wildman–Crippen LogP) is 3.95. The zero-order chi connectivity index (χ0) is 19.5. The molecular formula is C21H16N4O2S. The molecule has 0 saturated carbocycles. The van der Waals surface area contributed by atoms with Gasteiger partial charge in [0.25, 0.3) is 5.56 Å². The Bertz CT molecular complexity index is 1240. The van der Waals surface area contributed by atoms with Crippen LogP contribution in [0.15, 0.2) is 65.0 Å². The van der Waals surface area contributed by atoms with Gasteiger partial charge in [0, 0.05) is 36.3 Å². The molecule has 0 unspecified atom stereocenters. The van der Waals surface area contributed by atoms with Gasteiger partial charge in [-0.2, -0.15) is 0 Å². The van der Waals surface area contributed by atoms with Gasteiger partial charge in [0.1, 0.15) is 0 Å². The van der Waals surface area contributed by atoms with Gasteiger partial charge < -0.3 is 5.32 Å². The van der Waals surface area contributed by atoms with Crippen molar-refractivity contribution in [3.05, 3.63) is 81.8 Å². The molecule has 0 aliphatic carbocycles. The lowest BCUT2D eigenvalue weighted by Gasteiger charge is -2.09. The second-order valence-corrected chi connectivity index (χ2v) is 6.94. The molecule has 4 rings (SSSR count). The van der Waals surface area contributed by atoms with Gasteiger partial charge in [-0.05, 0) is 23.8 Å². The van der Waals surface area contributed by atoms with Crippen LogP contribution in [0.25, 0.3) is 28.4 Å². The molecule has 1 amide bonds. The van der Waals surface area contributed by atoms with Gasteiger partial charge in [-0.1, -0.05) is 30.3 Å². The molecular weight excluding hydrogens is 372 g/mol. The Balaban J connectivity index is 1.77. The van der Waals surface area contributed by atoms with Crippen molar-refractivity contribution in [1.29, 1.82) is 0 Å². The number of fused-ring (bicyclic) bond motifs is 1. The summed E-state index contributed by atoms with van der Waals surface area (Å²) in [6, 6.07) is 12.7. The Morgan fingerprint density at radius 2 is 2.04 bits per heavy atom. The Hall–Kier alpha value is -3.58. The molecule has 0 bridgehead atoms. The van der Waals surface area contributed by atoms with Crippen LogP contribution in [-0.2, 0) is 4.79 Å². The summed E-state index contributed by atoms with van der Waals surface area (Å²) in [4.78, 5) is 33.5. The van der Waals surface area contributed by atoms with E-state index >= 15 is 0 Å². The van der Waals surface area contributed by atoms with Gasteiger partial charge in [-0.3, -0.25) is 19.0 Å². The maximum absolute atomic E-state index is 12.8. The molecule has 0 fully saturated rings. The van der Waals surface area contributed by atoms with Gasteiger partial charge in [0.05, 0.1) is 17.1 Å². The zero-order valence-corrected chi connectivity index (χ0v) is 15.8. The third kappa shape index (κ3) is 3.60. The molecule has 6 nitrogen and oxygen atoms in total. The first kappa shape index (κ1) is 17.8. The number of carbonyl (C=O) groups excluding carboxylic acids is 1. The number of pyridine rings is 1. The van der Waals surface area contributed by atoms with Crippen LogP contribution >= 0.6 is 11.3 Å². The summed E-state index contributed by atoms with van der Waals surface area (Å²) < 4.78 is 1.56. The van der Waals surface area contributed by atoms with Gasteiger partial charge in [0.15, 0.2) is 4.96 Å². The van der Waals surface area contributed by atoms with Crippen LogP contribution < -0.4 is 10.9 Å². The van der Waals surface area contributed by atoms with Crippen LogP contribution in [0.2, 0.25) is 0 Å². The van der Waals surface area contributed by atoms with Gasteiger partial charge in [-0.25, -0.2) is 4.98 Å². The Morgan fingerprint density at radius 3 is 2.82 bits per heavy atom. The topological polar surface area (TPSA) is 76.4 Å². The van der Waals surface area contributed by atoms with Crippen LogP contribution in [-0.4, -0.2) is 20.3 Å². The van der Waals surface area contributed by atoms with Crippen LogP contribution in [0.5, 0.6) is 0 Å². The first-order valence-corrected chi connectivity index (χ1v) is 9.46. The smallest absolute Gasteiger partial charge is 0.259 e. The maximum atomic E-state index is 12.8. The second-order valence-electron chi connectivity index (χ2n) is 6.10. The quantitative estimate of drug-likeness (QED) is 0.574. The summed E-state index contributed by atoms with van der Waals surface area (Å²) in [7, 11) is 0. The number of nitrogens with zero attached hydrogens (tertiary/aromatic N) is 3. The molecule has 1 aromatic carbocycles.